The highest BCUT2D eigenvalue weighted by Gasteiger charge is 2.38. The monoisotopic (exact) mass is 394 g/mol. The van der Waals surface area contributed by atoms with Crippen molar-refractivity contribution in [2.24, 2.45) is 0 Å². The molecule has 1 fully saturated rings. The minimum absolute atomic E-state index is 0.00792. The van der Waals surface area contributed by atoms with Crippen LogP contribution in [-0.4, -0.2) is 50.2 Å². The van der Waals surface area contributed by atoms with Gasteiger partial charge in [-0.2, -0.15) is 0 Å². The molecule has 12 heteroatoms. The van der Waals surface area contributed by atoms with Gasteiger partial charge in [0.1, 0.15) is 11.7 Å². The van der Waals surface area contributed by atoms with Gasteiger partial charge in [-0.05, 0) is 25.3 Å². The number of nitro groups is 2. The van der Waals surface area contributed by atoms with Gasteiger partial charge in [-0.3, -0.25) is 34.7 Å². The first kappa shape index (κ1) is 20.7. The number of nitrogens with one attached hydrogen (secondary N) is 1. The summed E-state index contributed by atoms with van der Waals surface area (Å²) in [4.78, 5) is 55.9. The molecule has 1 aromatic rings. The van der Waals surface area contributed by atoms with E-state index in [-0.39, 0.29) is 31.5 Å². The fourth-order valence-electron chi connectivity index (χ4n) is 2.92. The van der Waals surface area contributed by atoms with Crippen LogP contribution < -0.4 is 5.32 Å². The van der Waals surface area contributed by atoms with Crippen LogP contribution in [0.1, 0.15) is 32.1 Å². The number of imide groups is 1. The predicted octanol–water partition coefficient (Wildman–Crippen LogP) is 1.69. The largest absolute Gasteiger partial charge is 0.480 e. The van der Waals surface area contributed by atoms with Gasteiger partial charge in [-0.25, -0.2) is 4.79 Å². The number of carbonyl (C=O) groups excluding carboxylic acids is 2. The molecule has 28 heavy (non-hydrogen) atoms. The number of nitrogens with zero attached hydrogens (tertiary/aromatic N) is 3. The second-order valence-corrected chi connectivity index (χ2v) is 6.15. The van der Waals surface area contributed by atoms with Crippen molar-refractivity contribution < 1.29 is 29.3 Å². The zero-order valence-corrected chi connectivity index (χ0v) is 14.7. The summed E-state index contributed by atoms with van der Waals surface area (Å²) in [5.41, 5.74) is -0.734. The van der Waals surface area contributed by atoms with Crippen molar-refractivity contribution in [2.75, 3.05) is 11.9 Å². The maximum Gasteiger partial charge on any atom is 0.326 e. The van der Waals surface area contributed by atoms with E-state index in [9.17, 15) is 39.7 Å². The number of carboxylic acid groups (broad SMARTS) is 1. The average molecular weight is 394 g/mol. The Bertz CT molecular complexity index is 809. The molecule has 12 nitrogen and oxygen atoms in total. The Morgan fingerprint density at radius 1 is 1.14 bits per heavy atom. The van der Waals surface area contributed by atoms with Crippen molar-refractivity contribution in [2.45, 2.75) is 38.1 Å². The molecule has 1 heterocycles. The molecule has 2 N–H and O–H groups in total. The summed E-state index contributed by atoms with van der Waals surface area (Å²) in [5.74, 6) is -2.27. The maximum atomic E-state index is 11.7. The van der Waals surface area contributed by atoms with Gasteiger partial charge >= 0.3 is 5.97 Å². The number of carboxylic acids is 1. The van der Waals surface area contributed by atoms with Crippen LogP contribution in [0.5, 0.6) is 0 Å². The Morgan fingerprint density at radius 2 is 1.79 bits per heavy atom. The molecule has 0 bridgehead atoms. The molecule has 1 saturated heterocycles. The topological polar surface area (TPSA) is 173 Å². The third kappa shape index (κ3) is 4.78. The molecule has 150 valence electrons. The summed E-state index contributed by atoms with van der Waals surface area (Å²) in [7, 11) is 0. The first-order valence-corrected chi connectivity index (χ1v) is 8.46. The van der Waals surface area contributed by atoms with Gasteiger partial charge in [-0.15, -0.1) is 0 Å². The van der Waals surface area contributed by atoms with Gasteiger partial charge in [0.25, 0.3) is 11.4 Å². The van der Waals surface area contributed by atoms with Gasteiger partial charge in [-0.1, -0.05) is 0 Å². The average Bonchev–Trinajstić information content (AvgIpc) is 2.96. The van der Waals surface area contributed by atoms with E-state index < -0.39 is 45.0 Å². The molecule has 2 rings (SSSR count). The van der Waals surface area contributed by atoms with Gasteiger partial charge in [0.05, 0.1) is 15.9 Å². The third-order valence-electron chi connectivity index (χ3n) is 4.30. The zero-order chi connectivity index (χ0) is 20.8. The van der Waals surface area contributed by atoms with Crippen molar-refractivity contribution in [3.05, 3.63) is 38.4 Å². The summed E-state index contributed by atoms with van der Waals surface area (Å²) in [6.45, 7) is 0.243. The van der Waals surface area contributed by atoms with Gasteiger partial charge < -0.3 is 10.4 Å². The van der Waals surface area contributed by atoms with Crippen LogP contribution in [0.2, 0.25) is 0 Å². The Hall–Kier alpha value is -3.57. The minimum atomic E-state index is -1.26. The number of rotatable bonds is 10. The highest BCUT2D eigenvalue weighted by Crippen LogP contribution is 2.29. The lowest BCUT2D eigenvalue weighted by atomic mass is 10.1. The molecule has 1 aliphatic heterocycles. The molecule has 0 radical (unpaired) electrons. The molecular weight excluding hydrogens is 376 g/mol. The molecule has 1 aromatic carbocycles. The molecule has 1 atom stereocenters. The van der Waals surface area contributed by atoms with Crippen molar-refractivity contribution >= 4 is 34.8 Å². The molecule has 1 unspecified atom stereocenters. The van der Waals surface area contributed by atoms with Crippen LogP contribution in [0.3, 0.4) is 0 Å². The second-order valence-electron chi connectivity index (χ2n) is 6.15. The number of amides is 2. The highest BCUT2D eigenvalue weighted by atomic mass is 16.6. The van der Waals surface area contributed by atoms with E-state index in [2.05, 4.69) is 5.32 Å². The number of benzene rings is 1. The van der Waals surface area contributed by atoms with E-state index >= 15 is 0 Å². The van der Waals surface area contributed by atoms with Gasteiger partial charge in [0.15, 0.2) is 0 Å². The molecule has 0 aromatic heterocycles. The molecule has 1 aliphatic rings. The number of unbranched alkanes of at least 4 members (excludes halogenated alkanes) is 1. The van der Waals surface area contributed by atoms with E-state index in [0.29, 0.717) is 12.8 Å². The number of carbonyl (C=O) groups is 3. The van der Waals surface area contributed by atoms with Crippen molar-refractivity contribution in [1.82, 2.24) is 4.90 Å². The Balaban J connectivity index is 1.91. The number of hydrogen-bond donors (Lipinski definition) is 2. The van der Waals surface area contributed by atoms with Crippen LogP contribution in [0.15, 0.2) is 18.2 Å². The zero-order valence-electron chi connectivity index (χ0n) is 14.7. The molecular formula is C16H18N4O8. The summed E-state index contributed by atoms with van der Waals surface area (Å²) >= 11 is 0. The van der Waals surface area contributed by atoms with E-state index in [1.54, 1.807) is 0 Å². The lowest BCUT2D eigenvalue weighted by Gasteiger charge is -2.22. The smallest absolute Gasteiger partial charge is 0.326 e. The summed E-state index contributed by atoms with van der Waals surface area (Å²) in [5, 5.41) is 33.9. The minimum Gasteiger partial charge on any atom is -0.480 e. The summed E-state index contributed by atoms with van der Waals surface area (Å²) in [6.07, 6.45) is 0.842. The van der Waals surface area contributed by atoms with Crippen LogP contribution in [-0.2, 0) is 14.4 Å². The number of non-ortho nitro benzene ring substituents is 1. The Kier molecular flexibility index (Phi) is 6.58. The summed E-state index contributed by atoms with van der Waals surface area (Å²) < 4.78 is 0. The first-order chi connectivity index (χ1) is 13.2. The molecule has 0 saturated carbocycles. The number of nitro benzene ring substituents is 2. The van der Waals surface area contributed by atoms with Crippen molar-refractivity contribution in [3.8, 4) is 0 Å². The van der Waals surface area contributed by atoms with Crippen LogP contribution in [0.25, 0.3) is 0 Å². The first-order valence-electron chi connectivity index (χ1n) is 8.46. The van der Waals surface area contributed by atoms with Crippen molar-refractivity contribution in [3.63, 3.8) is 0 Å². The van der Waals surface area contributed by atoms with Crippen molar-refractivity contribution in [1.29, 1.82) is 0 Å². The second kappa shape index (κ2) is 8.88. The highest BCUT2D eigenvalue weighted by molar-refractivity contribution is 6.04. The Labute approximate surface area is 158 Å². The van der Waals surface area contributed by atoms with Gasteiger partial charge in [0.2, 0.25) is 11.8 Å². The predicted molar refractivity (Wildman–Crippen MR) is 94.6 cm³/mol. The number of anilines is 1. The SMILES string of the molecule is O=C(O)C(CCCCNc1ccc([N+](=O)[O-])cc1[N+](=O)[O-])N1C(=O)CCC1=O. The lowest BCUT2D eigenvalue weighted by Crippen LogP contribution is -2.44. The van der Waals surface area contributed by atoms with Crippen LogP contribution in [0.4, 0.5) is 17.1 Å². The quantitative estimate of drug-likeness (QED) is 0.259. The molecule has 2 amide bonds. The summed E-state index contributed by atoms with van der Waals surface area (Å²) in [6, 6.07) is 2.00. The van der Waals surface area contributed by atoms with Gasteiger partial charge in [0, 0.05) is 25.5 Å². The number of likely N-dealkylation sites (tertiary alicyclic amines) is 1. The number of hydrogen-bond acceptors (Lipinski definition) is 8. The maximum absolute atomic E-state index is 11.7. The fraction of sp³-hybridized carbons (Fsp3) is 0.438. The van der Waals surface area contributed by atoms with E-state index in [4.69, 9.17) is 0 Å². The van der Waals surface area contributed by atoms with E-state index in [1.165, 1.54) is 6.07 Å². The number of aliphatic carboxylic acids is 1. The molecule has 0 spiro atoms. The Morgan fingerprint density at radius 3 is 2.32 bits per heavy atom. The van der Waals surface area contributed by atoms with Crippen LogP contribution in [0, 0.1) is 20.2 Å². The fourth-order valence-corrected chi connectivity index (χ4v) is 2.92. The molecule has 0 aliphatic carbocycles. The van der Waals surface area contributed by atoms with E-state index in [1.807, 2.05) is 0 Å². The standard InChI is InChI=1S/C16H18N4O8/c21-14-6-7-15(22)18(14)12(16(23)24)3-1-2-8-17-11-5-4-10(19(25)26)9-13(11)20(27)28/h4-5,9,12,17H,1-3,6-8H2,(H,23,24). The van der Waals surface area contributed by atoms with E-state index in [0.717, 1.165) is 17.0 Å². The lowest BCUT2D eigenvalue weighted by molar-refractivity contribution is -0.393. The normalized spacial score (nSPS) is 14.8. The third-order valence-corrected chi connectivity index (χ3v) is 4.30. The van der Waals surface area contributed by atoms with Crippen LogP contribution >= 0.6 is 0 Å².